The summed E-state index contributed by atoms with van der Waals surface area (Å²) in [6.07, 6.45) is 1.03. The summed E-state index contributed by atoms with van der Waals surface area (Å²) in [6.45, 7) is 0. The highest BCUT2D eigenvalue weighted by Crippen LogP contribution is 2.25. The molecule has 0 aliphatic heterocycles. The van der Waals surface area contributed by atoms with Gasteiger partial charge in [-0.25, -0.2) is 21.6 Å². The number of anilines is 1. The molecule has 0 aliphatic rings. The average molecular weight is 382 g/mol. The van der Waals surface area contributed by atoms with E-state index in [1.54, 1.807) is 12.1 Å². The minimum Gasteiger partial charge on any atom is -0.405 e. The first kappa shape index (κ1) is 17.2. The first-order valence-electron chi connectivity index (χ1n) is 7.01. The predicted molar refractivity (Wildman–Crippen MR) is 91.8 cm³/mol. The van der Waals surface area contributed by atoms with Gasteiger partial charge in [0.2, 0.25) is 0 Å². The number of hydrogen-bond acceptors (Lipinski definition) is 6. The molecule has 0 atom stereocenters. The highest BCUT2D eigenvalue weighted by molar-refractivity contribution is 7.92. The standard InChI is InChI=1S/C15H14N2O6S2/c1-17-13-5-3-4-12(14(13)23-15(17)18)16-25(21,22)11-8-6-10(7-9-11)24(2,19)20/h3-9,16H,1-2H3. The van der Waals surface area contributed by atoms with Crippen molar-refractivity contribution in [3.63, 3.8) is 0 Å². The number of nitrogens with one attached hydrogen (secondary N) is 1. The van der Waals surface area contributed by atoms with Gasteiger partial charge in [0.1, 0.15) is 0 Å². The SMILES string of the molecule is Cn1c(=O)oc2c(NS(=O)(=O)c3ccc(S(C)(=O)=O)cc3)cccc21. The van der Waals surface area contributed by atoms with E-state index in [9.17, 15) is 21.6 Å². The molecule has 0 fully saturated rings. The minimum atomic E-state index is -3.99. The van der Waals surface area contributed by atoms with E-state index < -0.39 is 25.6 Å². The fraction of sp³-hybridized carbons (Fsp3) is 0.133. The van der Waals surface area contributed by atoms with Crippen LogP contribution in [0, 0.1) is 0 Å². The highest BCUT2D eigenvalue weighted by Gasteiger charge is 2.19. The first-order chi connectivity index (χ1) is 11.6. The van der Waals surface area contributed by atoms with E-state index in [-0.39, 0.29) is 21.1 Å². The van der Waals surface area contributed by atoms with E-state index in [0.717, 1.165) is 6.26 Å². The summed E-state index contributed by atoms with van der Waals surface area (Å²) < 4.78 is 56.6. The fourth-order valence-electron chi connectivity index (χ4n) is 2.30. The van der Waals surface area contributed by atoms with Crippen LogP contribution in [0.25, 0.3) is 11.1 Å². The Labute approximate surface area is 143 Å². The summed E-state index contributed by atoms with van der Waals surface area (Å²) in [5.41, 5.74) is 0.673. The molecule has 0 radical (unpaired) electrons. The van der Waals surface area contributed by atoms with Crippen LogP contribution in [0.5, 0.6) is 0 Å². The molecule has 2 aromatic carbocycles. The number of aryl methyl sites for hydroxylation is 1. The molecular weight excluding hydrogens is 368 g/mol. The van der Waals surface area contributed by atoms with Crippen LogP contribution in [0.2, 0.25) is 0 Å². The molecule has 1 heterocycles. The van der Waals surface area contributed by atoms with Crippen LogP contribution in [0.15, 0.2) is 61.5 Å². The lowest BCUT2D eigenvalue weighted by molar-refractivity contribution is 0.528. The Morgan fingerprint density at radius 1 is 0.960 bits per heavy atom. The number of fused-ring (bicyclic) bond motifs is 1. The van der Waals surface area contributed by atoms with E-state index in [1.165, 1.54) is 41.9 Å². The van der Waals surface area contributed by atoms with Crippen molar-refractivity contribution >= 4 is 36.6 Å². The molecule has 1 N–H and O–H groups in total. The average Bonchev–Trinajstić information content (AvgIpc) is 2.83. The third kappa shape index (κ3) is 3.17. The quantitative estimate of drug-likeness (QED) is 0.728. The number of benzene rings is 2. The van der Waals surface area contributed by atoms with Gasteiger partial charge in [0.05, 0.1) is 21.0 Å². The van der Waals surface area contributed by atoms with E-state index >= 15 is 0 Å². The second-order valence-electron chi connectivity index (χ2n) is 5.43. The van der Waals surface area contributed by atoms with E-state index in [4.69, 9.17) is 4.42 Å². The number of sulfone groups is 1. The van der Waals surface area contributed by atoms with Crippen molar-refractivity contribution in [1.82, 2.24) is 4.57 Å². The largest absolute Gasteiger partial charge is 0.419 e. The minimum absolute atomic E-state index is 0.0163. The van der Waals surface area contributed by atoms with E-state index in [1.807, 2.05) is 0 Å². The van der Waals surface area contributed by atoms with E-state index in [2.05, 4.69) is 4.72 Å². The Hall–Kier alpha value is -2.59. The van der Waals surface area contributed by atoms with Crippen LogP contribution in [0.3, 0.4) is 0 Å². The smallest absolute Gasteiger partial charge is 0.405 e. The maximum Gasteiger partial charge on any atom is 0.419 e. The highest BCUT2D eigenvalue weighted by atomic mass is 32.2. The Kier molecular flexibility index (Phi) is 3.96. The van der Waals surface area contributed by atoms with Gasteiger partial charge in [0.25, 0.3) is 10.0 Å². The number of sulfonamides is 1. The van der Waals surface area contributed by atoms with Gasteiger partial charge in [-0.2, -0.15) is 0 Å². The Morgan fingerprint density at radius 3 is 2.16 bits per heavy atom. The van der Waals surface area contributed by atoms with Gasteiger partial charge in [-0.15, -0.1) is 0 Å². The maximum atomic E-state index is 12.5. The predicted octanol–water partition coefficient (Wildman–Crippen LogP) is 1.34. The number of hydrogen-bond donors (Lipinski definition) is 1. The van der Waals surface area contributed by atoms with Gasteiger partial charge >= 0.3 is 5.76 Å². The van der Waals surface area contributed by atoms with Gasteiger partial charge in [-0.3, -0.25) is 9.29 Å². The van der Waals surface area contributed by atoms with Crippen LogP contribution in [-0.2, 0) is 26.9 Å². The van der Waals surface area contributed by atoms with Crippen LogP contribution < -0.4 is 10.5 Å². The molecule has 0 unspecified atom stereocenters. The lowest BCUT2D eigenvalue weighted by Gasteiger charge is -2.09. The number of rotatable bonds is 4. The van der Waals surface area contributed by atoms with Crippen molar-refractivity contribution in [3.8, 4) is 0 Å². The lowest BCUT2D eigenvalue weighted by atomic mass is 10.3. The van der Waals surface area contributed by atoms with Crippen molar-refractivity contribution in [2.24, 2.45) is 7.05 Å². The first-order valence-corrected chi connectivity index (χ1v) is 10.4. The van der Waals surface area contributed by atoms with Crippen molar-refractivity contribution in [1.29, 1.82) is 0 Å². The number of oxazole rings is 1. The summed E-state index contributed by atoms with van der Waals surface area (Å²) in [5.74, 6) is -0.612. The maximum absolute atomic E-state index is 12.5. The molecule has 8 nitrogen and oxygen atoms in total. The third-order valence-electron chi connectivity index (χ3n) is 3.63. The number of aromatic nitrogens is 1. The monoisotopic (exact) mass is 382 g/mol. The molecule has 1 aromatic heterocycles. The molecule has 10 heteroatoms. The molecule has 0 bridgehead atoms. The summed E-state index contributed by atoms with van der Waals surface area (Å²) in [4.78, 5) is 11.5. The molecule has 0 aliphatic carbocycles. The summed E-state index contributed by atoms with van der Waals surface area (Å²) in [6, 6.07) is 9.49. The van der Waals surface area contributed by atoms with Crippen molar-refractivity contribution in [3.05, 3.63) is 53.0 Å². The molecular formula is C15H14N2O6S2. The molecule has 132 valence electrons. The van der Waals surface area contributed by atoms with Crippen LogP contribution >= 0.6 is 0 Å². The van der Waals surface area contributed by atoms with Crippen molar-refractivity contribution in [2.45, 2.75) is 9.79 Å². The molecule has 0 saturated heterocycles. The second-order valence-corrected chi connectivity index (χ2v) is 9.13. The molecule has 0 spiro atoms. The van der Waals surface area contributed by atoms with Gasteiger partial charge in [0, 0.05) is 13.3 Å². The van der Waals surface area contributed by atoms with Gasteiger partial charge in [-0.05, 0) is 36.4 Å². The Balaban J connectivity index is 2.03. The molecule has 3 rings (SSSR count). The normalized spacial score (nSPS) is 12.4. The second kappa shape index (κ2) is 5.74. The van der Waals surface area contributed by atoms with E-state index in [0.29, 0.717) is 5.52 Å². The summed E-state index contributed by atoms with van der Waals surface area (Å²) >= 11 is 0. The van der Waals surface area contributed by atoms with Crippen LogP contribution in [0.1, 0.15) is 0 Å². The van der Waals surface area contributed by atoms with Crippen LogP contribution in [0.4, 0.5) is 5.69 Å². The zero-order valence-corrected chi connectivity index (χ0v) is 14.9. The third-order valence-corrected chi connectivity index (χ3v) is 6.14. The fourth-order valence-corrected chi connectivity index (χ4v) is 3.99. The molecule has 0 saturated carbocycles. The summed E-state index contributed by atoms with van der Waals surface area (Å²) in [5, 5.41) is 0. The van der Waals surface area contributed by atoms with Crippen molar-refractivity contribution in [2.75, 3.05) is 11.0 Å². The Morgan fingerprint density at radius 2 is 1.56 bits per heavy atom. The van der Waals surface area contributed by atoms with Crippen LogP contribution in [-0.4, -0.2) is 27.7 Å². The zero-order valence-electron chi connectivity index (χ0n) is 13.3. The molecule has 3 aromatic rings. The molecule has 0 amide bonds. The number of para-hydroxylation sites is 1. The zero-order chi connectivity index (χ0) is 18.4. The lowest BCUT2D eigenvalue weighted by Crippen LogP contribution is -2.13. The van der Waals surface area contributed by atoms with Gasteiger partial charge in [-0.1, -0.05) is 6.07 Å². The van der Waals surface area contributed by atoms with Gasteiger partial charge < -0.3 is 4.42 Å². The van der Waals surface area contributed by atoms with Gasteiger partial charge in [0.15, 0.2) is 15.4 Å². The Bertz CT molecular complexity index is 1220. The number of nitrogens with zero attached hydrogens (tertiary/aromatic N) is 1. The summed E-state index contributed by atoms with van der Waals surface area (Å²) in [7, 11) is -5.90. The molecule has 25 heavy (non-hydrogen) atoms. The van der Waals surface area contributed by atoms with Crippen molar-refractivity contribution < 1.29 is 21.3 Å². The topological polar surface area (TPSA) is 115 Å².